The zero-order valence-electron chi connectivity index (χ0n) is 10.0. The van der Waals surface area contributed by atoms with E-state index in [4.69, 9.17) is 14.6 Å². The van der Waals surface area contributed by atoms with Crippen molar-refractivity contribution in [3.63, 3.8) is 0 Å². The SMILES string of the molecule is CCOCCCO[C@@H]1C[C@@H](C(=O)O)N(C)C1. The molecule has 0 spiro atoms. The van der Waals surface area contributed by atoms with Gasteiger partial charge in [0.1, 0.15) is 6.04 Å². The number of likely N-dealkylation sites (N-methyl/N-ethyl adjacent to an activating group) is 1. The van der Waals surface area contributed by atoms with E-state index in [9.17, 15) is 4.79 Å². The van der Waals surface area contributed by atoms with Gasteiger partial charge in [0, 0.05) is 32.8 Å². The number of nitrogens with zero attached hydrogens (tertiary/aromatic N) is 1. The fourth-order valence-electron chi connectivity index (χ4n) is 1.92. The van der Waals surface area contributed by atoms with Crippen LogP contribution < -0.4 is 0 Å². The highest BCUT2D eigenvalue weighted by molar-refractivity contribution is 5.73. The molecule has 94 valence electrons. The van der Waals surface area contributed by atoms with Crippen LogP contribution in [0.1, 0.15) is 19.8 Å². The number of aliphatic carboxylic acids is 1. The molecule has 0 unspecified atom stereocenters. The molecule has 2 atom stereocenters. The molecule has 1 fully saturated rings. The lowest BCUT2D eigenvalue weighted by Crippen LogP contribution is -2.32. The Kier molecular flexibility index (Phi) is 5.73. The third-order valence-electron chi connectivity index (χ3n) is 2.79. The third kappa shape index (κ3) is 4.08. The summed E-state index contributed by atoms with van der Waals surface area (Å²) in [6.45, 7) is 4.75. The second kappa shape index (κ2) is 6.83. The van der Waals surface area contributed by atoms with E-state index in [-0.39, 0.29) is 6.10 Å². The number of ether oxygens (including phenoxy) is 2. The Morgan fingerprint density at radius 1 is 1.50 bits per heavy atom. The van der Waals surface area contributed by atoms with E-state index in [1.54, 1.807) is 0 Å². The van der Waals surface area contributed by atoms with Crippen LogP contribution in [0.15, 0.2) is 0 Å². The highest BCUT2D eigenvalue weighted by atomic mass is 16.5. The molecular weight excluding hydrogens is 210 g/mol. The number of hydrogen-bond acceptors (Lipinski definition) is 4. The molecule has 1 N–H and O–H groups in total. The smallest absolute Gasteiger partial charge is 0.321 e. The molecule has 1 rings (SSSR count). The van der Waals surface area contributed by atoms with Crippen molar-refractivity contribution in [2.24, 2.45) is 0 Å². The van der Waals surface area contributed by atoms with Crippen molar-refractivity contribution in [3.8, 4) is 0 Å². The maximum atomic E-state index is 10.9. The molecule has 5 heteroatoms. The number of hydrogen-bond donors (Lipinski definition) is 1. The molecule has 1 heterocycles. The summed E-state index contributed by atoms with van der Waals surface area (Å²) >= 11 is 0. The Hall–Kier alpha value is -0.650. The lowest BCUT2D eigenvalue weighted by Gasteiger charge is -2.13. The molecule has 0 aromatic heterocycles. The molecule has 0 saturated carbocycles. The van der Waals surface area contributed by atoms with E-state index >= 15 is 0 Å². The first-order valence-electron chi connectivity index (χ1n) is 5.77. The lowest BCUT2D eigenvalue weighted by molar-refractivity contribution is -0.141. The van der Waals surface area contributed by atoms with Gasteiger partial charge in [0.05, 0.1) is 6.10 Å². The van der Waals surface area contributed by atoms with Gasteiger partial charge in [-0.1, -0.05) is 0 Å². The third-order valence-corrected chi connectivity index (χ3v) is 2.79. The average Bonchev–Trinajstić information content (AvgIpc) is 2.59. The van der Waals surface area contributed by atoms with Crippen molar-refractivity contribution in [2.75, 3.05) is 33.4 Å². The topological polar surface area (TPSA) is 59.0 Å². The Balaban J connectivity index is 2.13. The Morgan fingerprint density at radius 2 is 2.25 bits per heavy atom. The van der Waals surface area contributed by atoms with Crippen molar-refractivity contribution in [2.45, 2.75) is 31.9 Å². The number of rotatable bonds is 7. The van der Waals surface area contributed by atoms with Gasteiger partial charge in [0.25, 0.3) is 0 Å². The Labute approximate surface area is 96.3 Å². The van der Waals surface area contributed by atoms with Gasteiger partial charge in [0.15, 0.2) is 0 Å². The molecule has 16 heavy (non-hydrogen) atoms. The summed E-state index contributed by atoms with van der Waals surface area (Å²) in [7, 11) is 1.82. The molecule has 0 aromatic carbocycles. The summed E-state index contributed by atoms with van der Waals surface area (Å²) in [5.74, 6) is -0.761. The first-order valence-corrected chi connectivity index (χ1v) is 5.77. The molecule has 0 aliphatic carbocycles. The van der Waals surface area contributed by atoms with Gasteiger partial charge in [-0.25, -0.2) is 0 Å². The van der Waals surface area contributed by atoms with Crippen molar-refractivity contribution in [1.82, 2.24) is 4.90 Å². The normalized spacial score (nSPS) is 26.1. The minimum atomic E-state index is -0.761. The van der Waals surface area contributed by atoms with Crippen LogP contribution in [-0.4, -0.2) is 61.5 Å². The molecule has 1 aliphatic rings. The van der Waals surface area contributed by atoms with Gasteiger partial charge in [0.2, 0.25) is 0 Å². The molecular formula is C11H21NO4. The molecule has 1 aliphatic heterocycles. The lowest BCUT2D eigenvalue weighted by atomic mass is 10.2. The largest absolute Gasteiger partial charge is 0.480 e. The predicted molar refractivity (Wildman–Crippen MR) is 59.5 cm³/mol. The van der Waals surface area contributed by atoms with E-state index in [0.29, 0.717) is 26.2 Å². The Morgan fingerprint density at radius 3 is 2.81 bits per heavy atom. The fraction of sp³-hybridized carbons (Fsp3) is 0.909. The highest BCUT2D eigenvalue weighted by Gasteiger charge is 2.34. The van der Waals surface area contributed by atoms with E-state index < -0.39 is 12.0 Å². The van der Waals surface area contributed by atoms with Gasteiger partial charge in [-0.05, 0) is 20.4 Å². The zero-order chi connectivity index (χ0) is 12.0. The number of likely N-dealkylation sites (tertiary alicyclic amines) is 1. The second-order valence-electron chi connectivity index (χ2n) is 4.07. The molecule has 0 amide bonds. The van der Waals surface area contributed by atoms with E-state index in [0.717, 1.165) is 13.0 Å². The van der Waals surface area contributed by atoms with Gasteiger partial charge in [-0.15, -0.1) is 0 Å². The zero-order valence-corrected chi connectivity index (χ0v) is 10.0. The van der Waals surface area contributed by atoms with Crippen LogP contribution in [0.4, 0.5) is 0 Å². The first kappa shape index (κ1) is 13.4. The average molecular weight is 231 g/mol. The monoisotopic (exact) mass is 231 g/mol. The summed E-state index contributed by atoms with van der Waals surface area (Å²) in [6, 6.07) is -0.392. The maximum Gasteiger partial charge on any atom is 0.321 e. The van der Waals surface area contributed by atoms with E-state index in [1.165, 1.54) is 0 Å². The summed E-state index contributed by atoms with van der Waals surface area (Å²) in [5.41, 5.74) is 0. The highest BCUT2D eigenvalue weighted by Crippen LogP contribution is 2.18. The number of carbonyl (C=O) groups is 1. The van der Waals surface area contributed by atoms with E-state index in [1.807, 2.05) is 18.9 Å². The van der Waals surface area contributed by atoms with Crippen LogP contribution >= 0.6 is 0 Å². The second-order valence-corrected chi connectivity index (χ2v) is 4.07. The van der Waals surface area contributed by atoms with E-state index in [2.05, 4.69) is 0 Å². The van der Waals surface area contributed by atoms with Crippen LogP contribution in [0.2, 0.25) is 0 Å². The summed E-state index contributed by atoms with van der Waals surface area (Å²) in [5, 5.41) is 8.93. The van der Waals surface area contributed by atoms with Crippen molar-refractivity contribution < 1.29 is 19.4 Å². The maximum absolute atomic E-state index is 10.9. The first-order chi connectivity index (χ1) is 7.65. The Bertz CT molecular complexity index is 222. The van der Waals surface area contributed by atoms with Gasteiger partial charge in [-0.2, -0.15) is 0 Å². The van der Waals surface area contributed by atoms with Crippen LogP contribution in [-0.2, 0) is 14.3 Å². The number of carboxylic acid groups (broad SMARTS) is 1. The molecule has 0 aromatic rings. The van der Waals surface area contributed by atoms with Gasteiger partial charge in [-0.3, -0.25) is 9.69 Å². The minimum Gasteiger partial charge on any atom is -0.480 e. The van der Waals surface area contributed by atoms with Crippen LogP contribution in [0.25, 0.3) is 0 Å². The van der Waals surface area contributed by atoms with Gasteiger partial charge >= 0.3 is 5.97 Å². The van der Waals surface area contributed by atoms with Crippen LogP contribution in [0.3, 0.4) is 0 Å². The standard InChI is InChI=1S/C11H21NO4/c1-3-15-5-4-6-16-9-7-10(11(13)14)12(2)8-9/h9-10H,3-8H2,1-2H3,(H,13,14)/t9-,10+/m1/s1. The minimum absolute atomic E-state index is 0.0488. The fourth-order valence-corrected chi connectivity index (χ4v) is 1.92. The van der Waals surface area contributed by atoms with Crippen molar-refractivity contribution in [1.29, 1.82) is 0 Å². The van der Waals surface area contributed by atoms with Crippen molar-refractivity contribution in [3.05, 3.63) is 0 Å². The molecule has 0 bridgehead atoms. The summed E-state index contributed by atoms with van der Waals surface area (Å²) in [4.78, 5) is 12.7. The number of carboxylic acids is 1. The molecule has 5 nitrogen and oxygen atoms in total. The summed E-state index contributed by atoms with van der Waals surface area (Å²) < 4.78 is 10.8. The van der Waals surface area contributed by atoms with Crippen LogP contribution in [0.5, 0.6) is 0 Å². The molecule has 0 radical (unpaired) electrons. The predicted octanol–water partition coefficient (Wildman–Crippen LogP) is 0.587. The van der Waals surface area contributed by atoms with Crippen LogP contribution in [0, 0.1) is 0 Å². The quantitative estimate of drug-likeness (QED) is 0.650. The van der Waals surface area contributed by atoms with Gasteiger partial charge < -0.3 is 14.6 Å². The van der Waals surface area contributed by atoms with Crippen molar-refractivity contribution >= 4 is 5.97 Å². The summed E-state index contributed by atoms with van der Waals surface area (Å²) in [6.07, 6.45) is 1.50. The molecule has 1 saturated heterocycles.